The van der Waals surface area contributed by atoms with Crippen molar-refractivity contribution in [2.24, 2.45) is 13.0 Å². The highest BCUT2D eigenvalue weighted by Gasteiger charge is 2.24. The third-order valence-electron chi connectivity index (χ3n) is 5.98. The monoisotopic (exact) mass is 370 g/mol. The molecule has 1 aromatic carbocycles. The van der Waals surface area contributed by atoms with Crippen LogP contribution in [0.15, 0.2) is 24.3 Å². The van der Waals surface area contributed by atoms with Crippen molar-refractivity contribution in [1.29, 1.82) is 0 Å². The second-order valence-electron chi connectivity index (χ2n) is 7.85. The lowest BCUT2D eigenvalue weighted by molar-refractivity contribution is -0.135. The van der Waals surface area contributed by atoms with Crippen LogP contribution in [0.1, 0.15) is 31.5 Å². The van der Waals surface area contributed by atoms with Gasteiger partial charge in [0, 0.05) is 33.1 Å². The van der Waals surface area contributed by atoms with Crippen LogP contribution in [0.25, 0.3) is 11.0 Å². The smallest absolute Gasteiger partial charge is 0.222 e. The molecule has 0 radical (unpaired) electrons. The molecule has 2 fully saturated rings. The normalized spacial score (nSPS) is 21.7. The third kappa shape index (κ3) is 4.33. The largest absolute Gasteiger partial charge is 0.378 e. The Hall–Kier alpha value is -1.92. The lowest BCUT2D eigenvalue weighted by Crippen LogP contribution is -2.41. The molecule has 27 heavy (non-hydrogen) atoms. The predicted octanol–water partition coefficient (Wildman–Crippen LogP) is 2.42. The number of carbonyl (C=O) groups excluding carboxylic acids is 1. The summed E-state index contributed by atoms with van der Waals surface area (Å²) in [7, 11) is 2.10. The topological polar surface area (TPSA) is 50.6 Å². The SMILES string of the molecule is Cn1c(CN2CCC[C@@H](CCC(=O)N3CCOCC3)C2)nc2ccccc21. The van der Waals surface area contributed by atoms with Gasteiger partial charge >= 0.3 is 0 Å². The number of imidazole rings is 1. The van der Waals surface area contributed by atoms with E-state index in [4.69, 9.17) is 9.72 Å². The molecule has 1 amide bonds. The van der Waals surface area contributed by atoms with Gasteiger partial charge in [-0.1, -0.05) is 12.1 Å². The summed E-state index contributed by atoms with van der Waals surface area (Å²) < 4.78 is 7.55. The van der Waals surface area contributed by atoms with Crippen LogP contribution in [-0.2, 0) is 23.1 Å². The number of aryl methyl sites for hydroxylation is 1. The molecule has 0 spiro atoms. The van der Waals surface area contributed by atoms with Crippen molar-refractivity contribution in [3.05, 3.63) is 30.1 Å². The number of fused-ring (bicyclic) bond motifs is 1. The number of morpholine rings is 1. The summed E-state index contributed by atoms with van der Waals surface area (Å²) in [5.41, 5.74) is 2.26. The van der Waals surface area contributed by atoms with Gasteiger partial charge < -0.3 is 14.2 Å². The van der Waals surface area contributed by atoms with E-state index >= 15 is 0 Å². The van der Waals surface area contributed by atoms with Gasteiger partial charge in [0.1, 0.15) is 5.82 Å². The van der Waals surface area contributed by atoms with Crippen molar-refractivity contribution in [2.75, 3.05) is 39.4 Å². The maximum atomic E-state index is 12.4. The van der Waals surface area contributed by atoms with Gasteiger partial charge in [0.2, 0.25) is 5.91 Å². The first-order chi connectivity index (χ1) is 13.2. The summed E-state index contributed by atoms with van der Waals surface area (Å²) in [5.74, 6) is 2.03. The van der Waals surface area contributed by atoms with Crippen LogP contribution in [0.5, 0.6) is 0 Å². The molecule has 1 aromatic heterocycles. The highest BCUT2D eigenvalue weighted by atomic mass is 16.5. The number of aromatic nitrogens is 2. The summed E-state index contributed by atoms with van der Waals surface area (Å²) >= 11 is 0. The van der Waals surface area contributed by atoms with Crippen LogP contribution in [0.4, 0.5) is 0 Å². The van der Waals surface area contributed by atoms with E-state index in [9.17, 15) is 4.79 Å². The molecule has 3 heterocycles. The zero-order chi connectivity index (χ0) is 18.6. The highest BCUT2D eigenvalue weighted by molar-refractivity contribution is 5.76. The summed E-state index contributed by atoms with van der Waals surface area (Å²) in [6.07, 6.45) is 4.11. The van der Waals surface area contributed by atoms with E-state index in [-0.39, 0.29) is 0 Å². The number of nitrogens with zero attached hydrogens (tertiary/aromatic N) is 4. The van der Waals surface area contributed by atoms with Crippen LogP contribution in [0, 0.1) is 5.92 Å². The van der Waals surface area contributed by atoms with Crippen molar-refractivity contribution in [3.63, 3.8) is 0 Å². The van der Waals surface area contributed by atoms with Crippen LogP contribution in [-0.4, -0.2) is 64.7 Å². The van der Waals surface area contributed by atoms with Gasteiger partial charge in [-0.2, -0.15) is 0 Å². The summed E-state index contributed by atoms with van der Waals surface area (Å²) in [6.45, 7) is 5.95. The summed E-state index contributed by atoms with van der Waals surface area (Å²) in [5, 5.41) is 0. The molecule has 0 aliphatic carbocycles. The molecule has 1 atom stereocenters. The van der Waals surface area contributed by atoms with Gasteiger partial charge in [0.25, 0.3) is 0 Å². The van der Waals surface area contributed by atoms with Gasteiger partial charge in [-0.25, -0.2) is 4.98 Å². The number of carbonyl (C=O) groups is 1. The fourth-order valence-electron chi connectivity index (χ4n) is 4.37. The Morgan fingerprint density at radius 3 is 2.85 bits per heavy atom. The standard InChI is InChI=1S/C21H30N4O2/c1-23-19-7-3-2-6-18(19)22-20(23)16-24-10-4-5-17(15-24)8-9-21(26)25-11-13-27-14-12-25/h2-3,6-7,17H,4-5,8-16H2,1H3/t17-/m0/s1. The number of hydrogen-bond acceptors (Lipinski definition) is 4. The molecule has 2 saturated heterocycles. The molecule has 2 aromatic rings. The van der Waals surface area contributed by atoms with E-state index in [1.165, 1.54) is 18.4 Å². The Morgan fingerprint density at radius 1 is 1.22 bits per heavy atom. The van der Waals surface area contributed by atoms with Gasteiger partial charge in [0.05, 0.1) is 30.8 Å². The number of rotatable bonds is 5. The Bertz CT molecular complexity index is 782. The fraction of sp³-hybridized carbons (Fsp3) is 0.619. The Labute approximate surface area is 161 Å². The molecule has 0 N–H and O–H groups in total. The quantitative estimate of drug-likeness (QED) is 0.811. The molecule has 0 saturated carbocycles. The molecule has 4 rings (SSSR count). The Kier molecular flexibility index (Phi) is 5.74. The Morgan fingerprint density at radius 2 is 2.04 bits per heavy atom. The minimum Gasteiger partial charge on any atom is -0.378 e. The zero-order valence-corrected chi connectivity index (χ0v) is 16.3. The lowest BCUT2D eigenvalue weighted by Gasteiger charge is -2.33. The van der Waals surface area contributed by atoms with E-state index in [2.05, 4.69) is 34.7 Å². The van der Waals surface area contributed by atoms with Gasteiger partial charge in [0.15, 0.2) is 0 Å². The molecular weight excluding hydrogens is 340 g/mol. The second kappa shape index (κ2) is 8.40. The maximum Gasteiger partial charge on any atom is 0.222 e. The first-order valence-corrected chi connectivity index (χ1v) is 10.2. The summed E-state index contributed by atoms with van der Waals surface area (Å²) in [6, 6.07) is 8.31. The van der Waals surface area contributed by atoms with Crippen molar-refractivity contribution < 1.29 is 9.53 Å². The average molecular weight is 370 g/mol. The first kappa shape index (κ1) is 18.4. The van der Waals surface area contributed by atoms with E-state index in [1.807, 2.05) is 11.0 Å². The van der Waals surface area contributed by atoms with Gasteiger partial charge in [-0.05, 0) is 43.9 Å². The van der Waals surface area contributed by atoms with E-state index < -0.39 is 0 Å². The molecule has 146 valence electrons. The summed E-state index contributed by atoms with van der Waals surface area (Å²) in [4.78, 5) is 21.7. The van der Waals surface area contributed by atoms with E-state index in [1.54, 1.807) is 0 Å². The molecule has 2 aliphatic rings. The zero-order valence-electron chi connectivity index (χ0n) is 16.3. The number of hydrogen-bond donors (Lipinski definition) is 0. The fourth-order valence-corrected chi connectivity index (χ4v) is 4.37. The predicted molar refractivity (Wildman–Crippen MR) is 105 cm³/mol. The molecular formula is C21H30N4O2. The molecule has 6 nitrogen and oxygen atoms in total. The molecule has 0 bridgehead atoms. The van der Waals surface area contributed by atoms with Crippen LogP contribution < -0.4 is 0 Å². The molecule has 6 heteroatoms. The van der Waals surface area contributed by atoms with Crippen LogP contribution in [0.2, 0.25) is 0 Å². The third-order valence-corrected chi connectivity index (χ3v) is 5.98. The number of piperidine rings is 1. The molecule has 2 aliphatic heterocycles. The first-order valence-electron chi connectivity index (χ1n) is 10.2. The van der Waals surface area contributed by atoms with Crippen LogP contribution in [0.3, 0.4) is 0 Å². The van der Waals surface area contributed by atoms with Gasteiger partial charge in [-0.3, -0.25) is 9.69 Å². The van der Waals surface area contributed by atoms with Crippen LogP contribution >= 0.6 is 0 Å². The number of amides is 1. The number of ether oxygens (including phenoxy) is 1. The highest BCUT2D eigenvalue weighted by Crippen LogP contribution is 2.24. The molecule has 0 unspecified atom stereocenters. The maximum absolute atomic E-state index is 12.4. The van der Waals surface area contributed by atoms with Crippen molar-refractivity contribution in [2.45, 2.75) is 32.2 Å². The van der Waals surface area contributed by atoms with E-state index in [0.29, 0.717) is 31.5 Å². The minimum absolute atomic E-state index is 0.297. The van der Waals surface area contributed by atoms with Gasteiger partial charge in [-0.15, -0.1) is 0 Å². The number of likely N-dealkylation sites (tertiary alicyclic amines) is 1. The van der Waals surface area contributed by atoms with E-state index in [0.717, 1.165) is 50.5 Å². The average Bonchev–Trinajstić information content (AvgIpc) is 3.03. The number of benzene rings is 1. The second-order valence-corrected chi connectivity index (χ2v) is 7.85. The number of para-hydroxylation sites is 2. The minimum atomic E-state index is 0.297. The Balaban J connectivity index is 1.31. The van der Waals surface area contributed by atoms with Crippen molar-refractivity contribution >= 4 is 16.9 Å². The van der Waals surface area contributed by atoms with Crippen molar-refractivity contribution in [3.8, 4) is 0 Å². The lowest BCUT2D eigenvalue weighted by atomic mass is 9.93. The van der Waals surface area contributed by atoms with Crippen molar-refractivity contribution in [1.82, 2.24) is 19.4 Å².